The fourth-order valence-corrected chi connectivity index (χ4v) is 4.11. The van der Waals surface area contributed by atoms with Crippen LogP contribution in [0.25, 0.3) is 16.4 Å². The second kappa shape index (κ2) is 9.42. The molecule has 0 spiro atoms. The predicted octanol–water partition coefficient (Wildman–Crippen LogP) is 3.71. The molecule has 1 aromatic carbocycles. The Morgan fingerprint density at radius 3 is 2.67 bits per heavy atom. The Labute approximate surface area is 180 Å². The summed E-state index contributed by atoms with van der Waals surface area (Å²) < 4.78 is 7.04. The highest BCUT2D eigenvalue weighted by Gasteiger charge is 2.18. The Balaban J connectivity index is 1.42. The predicted molar refractivity (Wildman–Crippen MR) is 114 cm³/mol. The van der Waals surface area contributed by atoms with Crippen molar-refractivity contribution >= 4 is 35.0 Å². The minimum absolute atomic E-state index is 0.0174. The van der Waals surface area contributed by atoms with E-state index in [9.17, 15) is 9.59 Å². The number of thioether (sulfide) groups is 1. The molecule has 0 aliphatic heterocycles. The Bertz CT molecular complexity index is 1110. The Hall–Kier alpha value is -3.37. The number of furan rings is 1. The number of benzene rings is 1. The number of nitrogens with zero attached hydrogens (tertiary/aromatic N) is 3. The van der Waals surface area contributed by atoms with Crippen LogP contribution in [0.4, 0.5) is 4.79 Å². The summed E-state index contributed by atoms with van der Waals surface area (Å²) in [5, 5.41) is 16.0. The molecule has 0 saturated heterocycles. The van der Waals surface area contributed by atoms with Crippen LogP contribution < -0.4 is 10.6 Å². The fourth-order valence-electron chi connectivity index (χ4n) is 2.66. The van der Waals surface area contributed by atoms with Gasteiger partial charge in [-0.25, -0.2) is 4.79 Å². The minimum Gasteiger partial charge on any atom is -0.467 e. The fraction of sp³-hybridized carbons (Fsp3) is 0.100. The van der Waals surface area contributed by atoms with Gasteiger partial charge in [0.1, 0.15) is 5.76 Å². The molecule has 3 aromatic heterocycles. The van der Waals surface area contributed by atoms with Gasteiger partial charge in [0.2, 0.25) is 5.91 Å². The van der Waals surface area contributed by atoms with Gasteiger partial charge >= 0.3 is 6.03 Å². The van der Waals surface area contributed by atoms with E-state index < -0.39 is 11.9 Å². The number of thiophene rings is 1. The highest BCUT2D eigenvalue weighted by Crippen LogP contribution is 2.30. The maximum atomic E-state index is 12.2. The van der Waals surface area contributed by atoms with Crippen molar-refractivity contribution in [3.8, 4) is 16.4 Å². The monoisotopic (exact) mass is 439 g/mol. The molecule has 0 aliphatic rings. The number of carbonyl (C=O) groups is 2. The SMILES string of the molecule is O=C(CSc1nnc(-c2cccs2)n1-c1ccccc1)NC(=O)NCc1ccco1. The van der Waals surface area contributed by atoms with Gasteiger partial charge in [-0.1, -0.05) is 36.0 Å². The third-order valence-corrected chi connectivity index (χ3v) is 5.77. The normalized spacial score (nSPS) is 10.7. The van der Waals surface area contributed by atoms with E-state index in [0.29, 0.717) is 16.7 Å². The summed E-state index contributed by atoms with van der Waals surface area (Å²) in [4.78, 5) is 25.1. The molecule has 8 nitrogen and oxygen atoms in total. The molecule has 0 saturated carbocycles. The second-order valence-corrected chi connectivity index (χ2v) is 7.94. The van der Waals surface area contributed by atoms with E-state index in [2.05, 4.69) is 20.8 Å². The van der Waals surface area contributed by atoms with Gasteiger partial charge in [-0.2, -0.15) is 0 Å². The molecule has 2 N–H and O–H groups in total. The molecule has 4 aromatic rings. The summed E-state index contributed by atoms with van der Waals surface area (Å²) >= 11 is 2.77. The topological polar surface area (TPSA) is 102 Å². The molecule has 0 unspecified atom stereocenters. The van der Waals surface area contributed by atoms with E-state index in [1.165, 1.54) is 18.0 Å². The average molecular weight is 440 g/mol. The van der Waals surface area contributed by atoms with Gasteiger partial charge in [0.25, 0.3) is 0 Å². The maximum absolute atomic E-state index is 12.2. The summed E-state index contributed by atoms with van der Waals surface area (Å²) in [6.45, 7) is 0.200. The molecule has 152 valence electrons. The van der Waals surface area contributed by atoms with Crippen molar-refractivity contribution < 1.29 is 14.0 Å². The van der Waals surface area contributed by atoms with E-state index in [1.807, 2.05) is 52.4 Å². The number of hydrogen-bond acceptors (Lipinski definition) is 7. The lowest BCUT2D eigenvalue weighted by molar-refractivity contribution is -0.117. The summed E-state index contributed by atoms with van der Waals surface area (Å²) in [6, 6.07) is 16.5. The standard InChI is InChI=1S/C20H17N5O3S2/c26-17(22-19(27)21-12-15-8-4-10-28-15)13-30-20-24-23-18(16-9-5-11-29-16)25(20)14-6-2-1-3-7-14/h1-11H,12-13H2,(H2,21,22,26,27). The van der Waals surface area contributed by atoms with Crippen LogP contribution in [0, 0.1) is 0 Å². The summed E-state index contributed by atoms with van der Waals surface area (Å²) in [7, 11) is 0. The average Bonchev–Trinajstić information content (AvgIpc) is 3.53. The number of carbonyl (C=O) groups excluding carboxylic acids is 2. The van der Waals surface area contributed by atoms with E-state index in [1.54, 1.807) is 23.5 Å². The molecule has 3 heterocycles. The van der Waals surface area contributed by atoms with Crippen molar-refractivity contribution in [1.29, 1.82) is 0 Å². The lowest BCUT2D eigenvalue weighted by Crippen LogP contribution is -2.39. The van der Waals surface area contributed by atoms with Crippen molar-refractivity contribution in [1.82, 2.24) is 25.4 Å². The van der Waals surface area contributed by atoms with Crippen LogP contribution in [0.5, 0.6) is 0 Å². The van der Waals surface area contributed by atoms with Gasteiger partial charge < -0.3 is 9.73 Å². The number of rotatable bonds is 7. The zero-order chi connectivity index (χ0) is 20.8. The number of amides is 3. The van der Waals surface area contributed by atoms with Crippen LogP contribution in [0.15, 0.2) is 75.8 Å². The van der Waals surface area contributed by atoms with Crippen molar-refractivity contribution in [2.75, 3.05) is 5.75 Å². The smallest absolute Gasteiger partial charge is 0.321 e. The largest absolute Gasteiger partial charge is 0.467 e. The molecule has 4 rings (SSSR count). The number of urea groups is 1. The van der Waals surface area contributed by atoms with Gasteiger partial charge in [-0.05, 0) is 35.7 Å². The first-order valence-electron chi connectivity index (χ1n) is 8.98. The van der Waals surface area contributed by atoms with Crippen LogP contribution in [0.1, 0.15) is 5.76 Å². The van der Waals surface area contributed by atoms with Gasteiger partial charge in [0, 0.05) is 5.69 Å². The molecule has 10 heteroatoms. The van der Waals surface area contributed by atoms with Crippen LogP contribution in [-0.4, -0.2) is 32.5 Å². The summed E-state index contributed by atoms with van der Waals surface area (Å²) in [5.41, 5.74) is 0.894. The second-order valence-electron chi connectivity index (χ2n) is 6.05. The number of imide groups is 1. The van der Waals surface area contributed by atoms with Crippen molar-refractivity contribution in [3.63, 3.8) is 0 Å². The van der Waals surface area contributed by atoms with Crippen LogP contribution in [0.2, 0.25) is 0 Å². The number of aromatic nitrogens is 3. The molecule has 0 bridgehead atoms. The van der Waals surface area contributed by atoms with Crippen molar-refractivity contribution in [2.45, 2.75) is 11.7 Å². The highest BCUT2D eigenvalue weighted by molar-refractivity contribution is 7.99. The zero-order valence-electron chi connectivity index (χ0n) is 15.6. The molecule has 0 atom stereocenters. The number of hydrogen-bond donors (Lipinski definition) is 2. The van der Waals surface area contributed by atoms with E-state index in [0.717, 1.165) is 10.6 Å². The Morgan fingerprint density at radius 2 is 1.93 bits per heavy atom. The first-order chi connectivity index (χ1) is 14.7. The van der Waals surface area contributed by atoms with E-state index >= 15 is 0 Å². The van der Waals surface area contributed by atoms with Gasteiger partial charge in [0.15, 0.2) is 11.0 Å². The first kappa shape index (κ1) is 19.9. The molecular weight excluding hydrogens is 422 g/mol. The Kier molecular flexibility index (Phi) is 6.26. The van der Waals surface area contributed by atoms with Crippen LogP contribution in [0.3, 0.4) is 0 Å². The first-order valence-corrected chi connectivity index (χ1v) is 10.8. The summed E-state index contributed by atoms with van der Waals surface area (Å²) in [5.74, 6) is 0.889. The maximum Gasteiger partial charge on any atom is 0.321 e. The molecule has 3 amide bonds. The van der Waals surface area contributed by atoms with Gasteiger partial charge in [0.05, 0.1) is 23.4 Å². The van der Waals surface area contributed by atoms with Gasteiger partial charge in [-0.3, -0.25) is 14.7 Å². The zero-order valence-corrected chi connectivity index (χ0v) is 17.3. The lowest BCUT2D eigenvalue weighted by atomic mass is 10.3. The highest BCUT2D eigenvalue weighted by atomic mass is 32.2. The van der Waals surface area contributed by atoms with Crippen molar-refractivity contribution in [3.05, 3.63) is 72.0 Å². The minimum atomic E-state index is -0.583. The molecule has 0 fully saturated rings. The molecular formula is C20H17N5O3S2. The van der Waals surface area contributed by atoms with E-state index in [-0.39, 0.29) is 12.3 Å². The molecule has 0 radical (unpaired) electrons. The van der Waals surface area contributed by atoms with Gasteiger partial charge in [-0.15, -0.1) is 21.5 Å². The third kappa shape index (κ3) is 4.78. The van der Waals surface area contributed by atoms with Crippen LogP contribution in [-0.2, 0) is 11.3 Å². The van der Waals surface area contributed by atoms with E-state index in [4.69, 9.17) is 4.42 Å². The summed E-state index contributed by atoms with van der Waals surface area (Å²) in [6.07, 6.45) is 1.52. The number of para-hydroxylation sites is 1. The van der Waals surface area contributed by atoms with Crippen LogP contribution >= 0.6 is 23.1 Å². The molecule has 30 heavy (non-hydrogen) atoms. The lowest BCUT2D eigenvalue weighted by Gasteiger charge is -2.09. The molecule has 0 aliphatic carbocycles. The van der Waals surface area contributed by atoms with Crippen molar-refractivity contribution in [2.24, 2.45) is 0 Å². The third-order valence-electron chi connectivity index (χ3n) is 3.98. The Morgan fingerprint density at radius 1 is 1.07 bits per heavy atom. The quantitative estimate of drug-likeness (QED) is 0.426. The number of nitrogens with one attached hydrogen (secondary N) is 2.